The number of halogens is 1. The van der Waals surface area contributed by atoms with E-state index in [1.165, 1.54) is 0 Å². The van der Waals surface area contributed by atoms with Crippen LogP contribution in [0.4, 0.5) is 0 Å². The number of aryl methyl sites for hydroxylation is 1. The van der Waals surface area contributed by atoms with Crippen LogP contribution in [-0.2, 0) is 4.79 Å². The van der Waals surface area contributed by atoms with Gasteiger partial charge in [0.15, 0.2) is 0 Å². The Bertz CT molecular complexity index is 761. The molecule has 0 spiro atoms. The summed E-state index contributed by atoms with van der Waals surface area (Å²) in [6.07, 6.45) is 3.52. The van der Waals surface area contributed by atoms with Gasteiger partial charge < -0.3 is 9.47 Å². The fraction of sp³-hybridized carbons (Fsp3) is 0.333. The van der Waals surface area contributed by atoms with E-state index in [0.29, 0.717) is 31.1 Å². The fourth-order valence-electron chi connectivity index (χ4n) is 2.29. The van der Waals surface area contributed by atoms with Crippen molar-refractivity contribution in [3.05, 3.63) is 58.6 Å². The molecule has 0 unspecified atom stereocenters. The highest BCUT2D eigenvalue weighted by atomic mass is 35.5. The summed E-state index contributed by atoms with van der Waals surface area (Å²) in [5.74, 6) is 1.46. The predicted octanol–water partition coefficient (Wildman–Crippen LogP) is 4.75. The first-order valence-electron chi connectivity index (χ1n) is 9.02. The topological polar surface area (TPSA) is 59.9 Å². The van der Waals surface area contributed by atoms with Gasteiger partial charge in [0.1, 0.15) is 11.5 Å². The molecule has 0 bridgehead atoms. The van der Waals surface area contributed by atoms with Crippen molar-refractivity contribution < 1.29 is 14.3 Å². The number of carbonyl (C=O) groups excluding carboxylic acids is 1. The summed E-state index contributed by atoms with van der Waals surface area (Å²) >= 11 is 5.91. The third-order valence-corrected chi connectivity index (χ3v) is 3.93. The fourth-order valence-corrected chi connectivity index (χ4v) is 2.52. The molecule has 0 radical (unpaired) electrons. The smallest absolute Gasteiger partial charge is 0.240 e. The highest BCUT2D eigenvalue weighted by Crippen LogP contribution is 2.21. The Hall–Kier alpha value is -2.53. The lowest BCUT2D eigenvalue weighted by Crippen LogP contribution is -2.18. The second-order valence-corrected chi connectivity index (χ2v) is 6.51. The van der Waals surface area contributed by atoms with Gasteiger partial charge in [-0.1, -0.05) is 18.5 Å². The van der Waals surface area contributed by atoms with Crippen LogP contribution in [0.2, 0.25) is 5.02 Å². The first-order valence-corrected chi connectivity index (χ1v) is 9.40. The van der Waals surface area contributed by atoms with Crippen molar-refractivity contribution in [2.45, 2.75) is 33.1 Å². The maximum atomic E-state index is 11.8. The van der Waals surface area contributed by atoms with Crippen LogP contribution in [0.1, 0.15) is 37.3 Å². The zero-order chi connectivity index (χ0) is 19.5. The Kier molecular flexibility index (Phi) is 8.65. The minimum absolute atomic E-state index is 0.148. The third-order valence-electron chi connectivity index (χ3n) is 3.70. The molecule has 144 valence electrons. The maximum Gasteiger partial charge on any atom is 0.240 e. The average Bonchev–Trinajstić information content (AvgIpc) is 2.66. The first-order chi connectivity index (χ1) is 13.1. The molecule has 1 N–H and O–H groups in total. The number of nitrogens with zero attached hydrogens (tertiary/aromatic N) is 1. The van der Waals surface area contributed by atoms with Gasteiger partial charge in [0.2, 0.25) is 5.91 Å². The Labute approximate surface area is 165 Å². The molecule has 0 heterocycles. The number of hydrazone groups is 1. The van der Waals surface area contributed by atoms with E-state index in [9.17, 15) is 4.79 Å². The Morgan fingerprint density at radius 3 is 2.63 bits per heavy atom. The average molecular weight is 389 g/mol. The number of hydrogen-bond acceptors (Lipinski definition) is 4. The van der Waals surface area contributed by atoms with E-state index >= 15 is 0 Å². The molecule has 0 aliphatic carbocycles. The molecule has 0 fully saturated rings. The first kappa shape index (κ1) is 20.8. The van der Waals surface area contributed by atoms with Crippen LogP contribution in [-0.4, -0.2) is 25.3 Å². The molecule has 0 saturated carbocycles. The van der Waals surface area contributed by atoms with E-state index in [-0.39, 0.29) is 5.91 Å². The van der Waals surface area contributed by atoms with Gasteiger partial charge in [0.05, 0.1) is 19.4 Å². The SMILES string of the molecule is CCCOc1ccc(C=NNC(=O)CCCOc2ccc(Cl)cc2C)cc1. The van der Waals surface area contributed by atoms with Gasteiger partial charge in [-0.25, -0.2) is 5.43 Å². The van der Waals surface area contributed by atoms with Crippen LogP contribution >= 0.6 is 11.6 Å². The van der Waals surface area contributed by atoms with Crippen LogP contribution in [0, 0.1) is 6.92 Å². The number of amides is 1. The molecule has 1 amide bonds. The molecular weight excluding hydrogens is 364 g/mol. The largest absolute Gasteiger partial charge is 0.494 e. The molecule has 0 atom stereocenters. The molecule has 0 saturated heterocycles. The molecule has 0 aliphatic heterocycles. The summed E-state index contributed by atoms with van der Waals surface area (Å²) < 4.78 is 11.2. The standard InChI is InChI=1S/C21H25ClN2O3/c1-3-12-26-19-9-6-17(7-10-19)15-23-24-21(25)5-4-13-27-20-11-8-18(22)14-16(20)2/h6-11,14-15H,3-5,12-13H2,1-2H3,(H,24,25). The van der Waals surface area contributed by atoms with E-state index in [2.05, 4.69) is 17.5 Å². The van der Waals surface area contributed by atoms with Crippen molar-refractivity contribution in [2.75, 3.05) is 13.2 Å². The molecule has 6 heteroatoms. The zero-order valence-electron chi connectivity index (χ0n) is 15.7. The van der Waals surface area contributed by atoms with Crippen molar-refractivity contribution in [1.82, 2.24) is 5.43 Å². The number of benzene rings is 2. The Morgan fingerprint density at radius 2 is 1.93 bits per heavy atom. The summed E-state index contributed by atoms with van der Waals surface area (Å²) in [5.41, 5.74) is 4.39. The lowest BCUT2D eigenvalue weighted by molar-refractivity contribution is -0.121. The molecule has 5 nitrogen and oxygen atoms in total. The molecule has 2 aromatic rings. The van der Waals surface area contributed by atoms with Gasteiger partial charge in [-0.2, -0.15) is 5.10 Å². The quantitative estimate of drug-likeness (QED) is 0.363. The highest BCUT2D eigenvalue weighted by Gasteiger charge is 2.03. The van der Waals surface area contributed by atoms with Gasteiger partial charge >= 0.3 is 0 Å². The van der Waals surface area contributed by atoms with Gasteiger partial charge in [0, 0.05) is 11.4 Å². The van der Waals surface area contributed by atoms with Crippen LogP contribution in [0.15, 0.2) is 47.6 Å². The molecular formula is C21H25ClN2O3. The summed E-state index contributed by atoms with van der Waals surface area (Å²) in [7, 11) is 0. The zero-order valence-corrected chi connectivity index (χ0v) is 16.5. The lowest BCUT2D eigenvalue weighted by atomic mass is 10.2. The van der Waals surface area contributed by atoms with Crippen molar-refractivity contribution in [2.24, 2.45) is 5.10 Å². The maximum absolute atomic E-state index is 11.8. The minimum Gasteiger partial charge on any atom is -0.494 e. The predicted molar refractivity (Wildman–Crippen MR) is 109 cm³/mol. The van der Waals surface area contributed by atoms with Crippen LogP contribution in [0.3, 0.4) is 0 Å². The summed E-state index contributed by atoms with van der Waals surface area (Å²) in [6.45, 7) is 5.16. The van der Waals surface area contributed by atoms with E-state index in [0.717, 1.165) is 29.0 Å². The number of hydrogen-bond donors (Lipinski definition) is 1. The third kappa shape index (κ3) is 7.71. The van der Waals surface area contributed by atoms with Crippen LogP contribution in [0.25, 0.3) is 0 Å². The molecule has 2 rings (SSSR count). The molecule has 0 aromatic heterocycles. The van der Waals surface area contributed by atoms with E-state index in [1.54, 1.807) is 12.3 Å². The van der Waals surface area contributed by atoms with Gasteiger partial charge in [-0.05, 0) is 73.4 Å². The number of carbonyl (C=O) groups is 1. The highest BCUT2D eigenvalue weighted by molar-refractivity contribution is 6.30. The molecule has 0 aliphatic rings. The normalized spacial score (nSPS) is 10.8. The molecule has 27 heavy (non-hydrogen) atoms. The van der Waals surface area contributed by atoms with Gasteiger partial charge in [0.25, 0.3) is 0 Å². The van der Waals surface area contributed by atoms with Gasteiger partial charge in [-0.3, -0.25) is 4.79 Å². The Balaban J connectivity index is 1.66. The monoisotopic (exact) mass is 388 g/mol. The van der Waals surface area contributed by atoms with Crippen molar-refractivity contribution in [1.29, 1.82) is 0 Å². The van der Waals surface area contributed by atoms with Crippen molar-refractivity contribution in [3.63, 3.8) is 0 Å². The minimum atomic E-state index is -0.148. The Morgan fingerprint density at radius 1 is 1.15 bits per heavy atom. The second kappa shape index (κ2) is 11.2. The van der Waals surface area contributed by atoms with Crippen molar-refractivity contribution >= 4 is 23.7 Å². The summed E-state index contributed by atoms with van der Waals surface area (Å²) in [4.78, 5) is 11.8. The van der Waals surface area contributed by atoms with E-state index < -0.39 is 0 Å². The lowest BCUT2D eigenvalue weighted by Gasteiger charge is -2.08. The van der Waals surface area contributed by atoms with Crippen molar-refractivity contribution in [3.8, 4) is 11.5 Å². The number of nitrogens with one attached hydrogen (secondary N) is 1. The van der Waals surface area contributed by atoms with Gasteiger partial charge in [-0.15, -0.1) is 0 Å². The molecule has 2 aromatic carbocycles. The van der Waals surface area contributed by atoms with Crippen LogP contribution < -0.4 is 14.9 Å². The summed E-state index contributed by atoms with van der Waals surface area (Å²) in [5, 5.41) is 4.65. The van der Waals surface area contributed by atoms with E-state index in [4.69, 9.17) is 21.1 Å². The van der Waals surface area contributed by atoms with Crippen LogP contribution in [0.5, 0.6) is 11.5 Å². The summed E-state index contributed by atoms with van der Waals surface area (Å²) in [6, 6.07) is 13.0. The van der Waals surface area contributed by atoms with E-state index in [1.807, 2.05) is 43.3 Å². The number of ether oxygens (including phenoxy) is 2. The number of rotatable bonds is 10. The second-order valence-electron chi connectivity index (χ2n) is 6.07.